The van der Waals surface area contributed by atoms with Crippen LogP contribution < -0.4 is 0 Å². The summed E-state index contributed by atoms with van der Waals surface area (Å²) in [5.41, 5.74) is 3.78. The topological polar surface area (TPSA) is 32.6 Å². The average molecular weight is 297 g/mol. The average Bonchev–Trinajstić information content (AvgIpc) is 2.79. The van der Waals surface area contributed by atoms with Gasteiger partial charge in [-0.2, -0.15) is 0 Å². The zero-order valence-electron chi connectivity index (χ0n) is 14.0. The molecule has 4 rings (SSSR count). The number of aliphatic imine (C=N–C) groups is 1. The minimum atomic E-state index is -0.783. The molecule has 1 aliphatic heterocycles. The summed E-state index contributed by atoms with van der Waals surface area (Å²) in [6, 6.07) is 6.52. The van der Waals surface area contributed by atoms with E-state index in [1.165, 1.54) is 31.2 Å². The maximum Gasteiger partial charge on any atom is 0.130 e. The molecule has 0 amide bonds. The fourth-order valence-electron chi connectivity index (χ4n) is 4.75. The second-order valence-corrected chi connectivity index (χ2v) is 8.53. The number of nitrogens with zero attached hydrogens (tertiary/aromatic N) is 1. The normalized spacial score (nSPS) is 33.7. The van der Waals surface area contributed by atoms with Crippen molar-refractivity contribution in [3.8, 4) is 0 Å². The van der Waals surface area contributed by atoms with E-state index in [1.54, 1.807) is 0 Å². The van der Waals surface area contributed by atoms with Crippen LogP contribution in [0.2, 0.25) is 0 Å². The van der Waals surface area contributed by atoms with Crippen LogP contribution in [-0.2, 0) is 11.0 Å². The Morgan fingerprint density at radius 1 is 1.14 bits per heavy atom. The Kier molecular flexibility index (Phi) is 3.07. The summed E-state index contributed by atoms with van der Waals surface area (Å²) in [7, 11) is 0. The standard InChI is InChI=1S/C20H27NO/c1-19(2,3)14-8-9-17-16(12-14)20(22)11-10-13-6-4-5-7-15(13)18(20)21-17/h8-9,12-13,15,22H,4-7,10-11H2,1-3H3/t13-,15+,20?/m1/s1. The minimum Gasteiger partial charge on any atom is -0.379 e. The SMILES string of the molecule is CC(C)(C)c1ccc2c(c1)C1(O)CC[C@H]3CCCC[C@@H]3C1=N2. The summed E-state index contributed by atoms with van der Waals surface area (Å²) < 4.78 is 0. The molecular weight excluding hydrogens is 270 g/mol. The molecule has 2 aliphatic carbocycles. The van der Waals surface area contributed by atoms with Gasteiger partial charge in [-0.05, 0) is 54.7 Å². The van der Waals surface area contributed by atoms with Crippen molar-refractivity contribution < 1.29 is 5.11 Å². The van der Waals surface area contributed by atoms with Crippen LogP contribution >= 0.6 is 0 Å². The molecule has 1 unspecified atom stereocenters. The van der Waals surface area contributed by atoms with Crippen molar-refractivity contribution in [2.45, 2.75) is 70.3 Å². The zero-order chi connectivity index (χ0) is 15.5. The lowest BCUT2D eigenvalue weighted by Crippen LogP contribution is -2.46. The van der Waals surface area contributed by atoms with Crippen LogP contribution in [0.3, 0.4) is 0 Å². The Bertz CT molecular complexity index is 640. The quantitative estimate of drug-likeness (QED) is 0.729. The van der Waals surface area contributed by atoms with Gasteiger partial charge in [0, 0.05) is 11.5 Å². The van der Waals surface area contributed by atoms with E-state index < -0.39 is 5.60 Å². The molecule has 22 heavy (non-hydrogen) atoms. The fourth-order valence-corrected chi connectivity index (χ4v) is 4.75. The molecule has 2 nitrogen and oxygen atoms in total. The lowest BCUT2D eigenvalue weighted by Gasteiger charge is -2.43. The van der Waals surface area contributed by atoms with Crippen molar-refractivity contribution in [3.05, 3.63) is 29.3 Å². The van der Waals surface area contributed by atoms with E-state index in [1.807, 2.05) is 0 Å². The Hall–Kier alpha value is -1.15. The van der Waals surface area contributed by atoms with Crippen LogP contribution in [0.1, 0.15) is 70.4 Å². The highest BCUT2D eigenvalue weighted by Gasteiger charge is 2.50. The number of rotatable bonds is 0. The molecule has 3 aliphatic rings. The number of aliphatic hydroxyl groups is 1. The molecule has 2 heteroatoms. The summed E-state index contributed by atoms with van der Waals surface area (Å²) in [6.45, 7) is 6.69. The first-order valence-corrected chi connectivity index (χ1v) is 8.86. The van der Waals surface area contributed by atoms with E-state index in [-0.39, 0.29) is 5.41 Å². The Labute approximate surface area is 133 Å². The Morgan fingerprint density at radius 3 is 2.68 bits per heavy atom. The smallest absolute Gasteiger partial charge is 0.130 e. The van der Waals surface area contributed by atoms with Gasteiger partial charge < -0.3 is 5.11 Å². The largest absolute Gasteiger partial charge is 0.379 e. The van der Waals surface area contributed by atoms with Crippen LogP contribution in [0.15, 0.2) is 23.2 Å². The molecule has 0 radical (unpaired) electrons. The summed E-state index contributed by atoms with van der Waals surface area (Å²) in [5.74, 6) is 1.27. The fraction of sp³-hybridized carbons (Fsp3) is 0.650. The van der Waals surface area contributed by atoms with Crippen LogP contribution in [0, 0.1) is 11.8 Å². The molecule has 1 heterocycles. The maximum atomic E-state index is 11.5. The summed E-state index contributed by atoms with van der Waals surface area (Å²) in [4.78, 5) is 4.92. The van der Waals surface area contributed by atoms with Gasteiger partial charge in [0.1, 0.15) is 5.60 Å². The van der Waals surface area contributed by atoms with Crippen molar-refractivity contribution in [2.24, 2.45) is 16.8 Å². The van der Waals surface area contributed by atoms with Crippen molar-refractivity contribution >= 4 is 11.4 Å². The van der Waals surface area contributed by atoms with Crippen LogP contribution in [0.4, 0.5) is 5.69 Å². The van der Waals surface area contributed by atoms with Crippen molar-refractivity contribution in [1.29, 1.82) is 0 Å². The van der Waals surface area contributed by atoms with E-state index in [9.17, 15) is 5.11 Å². The molecule has 1 aromatic rings. The first-order chi connectivity index (χ1) is 10.4. The third-order valence-electron chi connectivity index (χ3n) is 6.11. The zero-order valence-corrected chi connectivity index (χ0v) is 14.0. The number of benzene rings is 1. The van der Waals surface area contributed by atoms with Crippen molar-refractivity contribution in [3.63, 3.8) is 0 Å². The lowest BCUT2D eigenvalue weighted by molar-refractivity contribution is 0.0596. The van der Waals surface area contributed by atoms with Gasteiger partial charge in [-0.25, -0.2) is 0 Å². The van der Waals surface area contributed by atoms with Gasteiger partial charge in [-0.3, -0.25) is 4.99 Å². The molecule has 2 saturated carbocycles. The number of fused-ring (bicyclic) bond motifs is 5. The third kappa shape index (κ3) is 2.00. The van der Waals surface area contributed by atoms with Gasteiger partial charge in [0.2, 0.25) is 0 Å². The monoisotopic (exact) mass is 297 g/mol. The molecule has 3 atom stereocenters. The second kappa shape index (κ2) is 4.67. The molecule has 1 N–H and O–H groups in total. The molecule has 0 saturated heterocycles. The minimum absolute atomic E-state index is 0.107. The molecule has 0 spiro atoms. The highest BCUT2D eigenvalue weighted by Crippen LogP contribution is 2.52. The lowest BCUT2D eigenvalue weighted by atomic mass is 9.63. The molecule has 0 bridgehead atoms. The Morgan fingerprint density at radius 2 is 1.91 bits per heavy atom. The predicted molar refractivity (Wildman–Crippen MR) is 90.8 cm³/mol. The van der Waals surface area contributed by atoms with Gasteiger partial charge in [0.25, 0.3) is 0 Å². The molecule has 2 fully saturated rings. The number of hydrogen-bond acceptors (Lipinski definition) is 2. The summed E-state index contributed by atoms with van der Waals surface area (Å²) >= 11 is 0. The first kappa shape index (κ1) is 14.4. The van der Waals surface area contributed by atoms with E-state index in [2.05, 4.69) is 39.0 Å². The maximum absolute atomic E-state index is 11.5. The summed E-state index contributed by atoms with van der Waals surface area (Å²) in [5, 5.41) is 11.5. The van der Waals surface area contributed by atoms with Gasteiger partial charge in [0.05, 0.1) is 11.4 Å². The Balaban J connectivity index is 1.78. The van der Waals surface area contributed by atoms with Crippen molar-refractivity contribution in [2.75, 3.05) is 0 Å². The van der Waals surface area contributed by atoms with E-state index in [0.29, 0.717) is 5.92 Å². The molecule has 1 aromatic carbocycles. The predicted octanol–water partition coefficient (Wildman–Crippen LogP) is 4.86. The van der Waals surface area contributed by atoms with Gasteiger partial charge in [-0.15, -0.1) is 0 Å². The van der Waals surface area contributed by atoms with E-state index in [0.717, 1.165) is 35.7 Å². The van der Waals surface area contributed by atoms with Crippen molar-refractivity contribution in [1.82, 2.24) is 0 Å². The van der Waals surface area contributed by atoms with E-state index >= 15 is 0 Å². The molecular formula is C20H27NO. The van der Waals surface area contributed by atoms with Gasteiger partial charge >= 0.3 is 0 Å². The third-order valence-corrected chi connectivity index (χ3v) is 6.11. The summed E-state index contributed by atoms with van der Waals surface area (Å²) in [6.07, 6.45) is 7.19. The first-order valence-electron chi connectivity index (χ1n) is 8.86. The second-order valence-electron chi connectivity index (χ2n) is 8.53. The van der Waals surface area contributed by atoms with Gasteiger partial charge in [0.15, 0.2) is 0 Å². The van der Waals surface area contributed by atoms with Crippen LogP contribution in [-0.4, -0.2) is 10.8 Å². The highest BCUT2D eigenvalue weighted by molar-refractivity contribution is 6.02. The van der Waals surface area contributed by atoms with Crippen LogP contribution in [0.25, 0.3) is 0 Å². The highest BCUT2D eigenvalue weighted by atomic mass is 16.3. The number of hydrogen-bond donors (Lipinski definition) is 1. The van der Waals surface area contributed by atoms with Gasteiger partial charge in [-0.1, -0.05) is 39.7 Å². The van der Waals surface area contributed by atoms with E-state index in [4.69, 9.17) is 4.99 Å². The van der Waals surface area contributed by atoms with Crippen LogP contribution in [0.5, 0.6) is 0 Å². The molecule has 0 aromatic heterocycles. The molecule has 118 valence electrons.